The van der Waals surface area contributed by atoms with Crippen molar-refractivity contribution < 1.29 is 80.2 Å². The summed E-state index contributed by atoms with van der Waals surface area (Å²) in [6.45, 7) is 9.52. The summed E-state index contributed by atoms with van der Waals surface area (Å²) in [5.74, 6) is -0.603. The van der Waals surface area contributed by atoms with Crippen LogP contribution in [0.2, 0.25) is 0 Å². The maximum atomic E-state index is 13.0. The standard InChI is InChI=1S/C72H140O17P2/c1-7-10-12-14-16-18-19-20-22-26-29-32-36-43-49-55-70(75)83-60-67(88-71(76)56-50-44-37-33-30-27-24-21-23-25-28-31-34-40-46-52-64(4)5)62-86-90(78,79)84-58-66(73)59-85-91(80,81)87-63-68(61-82-69(74)54-48-42-35-17-15-13-11-8-2)89-72(77)57-51-45-39-38-41-47-53-65(6)9-3/h64-68,73H,7-63H2,1-6H3,(H,78,79)(H,80,81)/t65?,66-,67-,68-/m1/s1. The van der Waals surface area contributed by atoms with E-state index in [9.17, 15) is 43.2 Å². The molecule has 0 aliphatic carbocycles. The van der Waals surface area contributed by atoms with E-state index in [1.807, 2.05) is 0 Å². The molecule has 0 aromatic rings. The maximum absolute atomic E-state index is 13.0. The average Bonchev–Trinajstić information content (AvgIpc) is 2.09. The molecule has 0 radical (unpaired) electrons. The SMILES string of the molecule is CCCCCCCCCCCCCCCCCC(=O)OC[C@H](COP(=O)(O)OC[C@@H](O)COP(=O)(O)OC[C@@H](COC(=O)CCCCCCCCCC)OC(=O)CCCCCCCCC(C)CC)OC(=O)CCCCCCCCCCCCCCCCCC(C)C. The third-order valence-corrected chi connectivity index (χ3v) is 19.0. The van der Waals surface area contributed by atoms with E-state index >= 15 is 0 Å². The molecular weight excluding hydrogens is 1200 g/mol. The minimum Gasteiger partial charge on any atom is -0.462 e. The lowest BCUT2D eigenvalue weighted by atomic mass is 10.00. The summed E-state index contributed by atoms with van der Waals surface area (Å²) in [7, 11) is -9.90. The van der Waals surface area contributed by atoms with E-state index in [1.54, 1.807) is 0 Å². The molecule has 3 N–H and O–H groups in total. The van der Waals surface area contributed by atoms with Crippen LogP contribution in [0.3, 0.4) is 0 Å². The summed E-state index contributed by atoms with van der Waals surface area (Å²) in [5, 5.41) is 10.6. The first kappa shape index (κ1) is 89.1. The Bertz CT molecular complexity index is 1770. The molecule has 0 saturated heterocycles. The lowest BCUT2D eigenvalue weighted by molar-refractivity contribution is -0.161. The molecule has 3 unspecified atom stereocenters. The van der Waals surface area contributed by atoms with Crippen LogP contribution in [0.4, 0.5) is 0 Å². The Morgan fingerprint density at radius 1 is 0.319 bits per heavy atom. The summed E-state index contributed by atoms with van der Waals surface area (Å²) < 4.78 is 68.3. The molecule has 0 heterocycles. The fraction of sp³-hybridized carbons (Fsp3) is 0.944. The number of phosphoric acid groups is 2. The Morgan fingerprint density at radius 3 is 0.835 bits per heavy atom. The number of carbonyl (C=O) groups excluding carboxylic acids is 4. The number of hydrogen-bond acceptors (Lipinski definition) is 15. The highest BCUT2D eigenvalue weighted by atomic mass is 31.2. The van der Waals surface area contributed by atoms with E-state index in [0.29, 0.717) is 25.7 Å². The molecule has 19 heteroatoms. The molecule has 0 aliphatic rings. The number of aliphatic hydroxyl groups is 1. The van der Waals surface area contributed by atoms with Gasteiger partial charge in [-0.2, -0.15) is 0 Å². The van der Waals surface area contributed by atoms with Gasteiger partial charge >= 0.3 is 39.5 Å². The summed E-state index contributed by atoms with van der Waals surface area (Å²) in [6, 6.07) is 0. The first-order valence-corrected chi connectivity index (χ1v) is 40.5. The van der Waals surface area contributed by atoms with Gasteiger partial charge in [0, 0.05) is 25.7 Å². The van der Waals surface area contributed by atoms with Crippen LogP contribution in [0.5, 0.6) is 0 Å². The number of aliphatic hydroxyl groups excluding tert-OH is 1. The monoisotopic (exact) mass is 1340 g/mol. The smallest absolute Gasteiger partial charge is 0.462 e. The van der Waals surface area contributed by atoms with Gasteiger partial charge < -0.3 is 33.8 Å². The van der Waals surface area contributed by atoms with Gasteiger partial charge in [0.25, 0.3) is 0 Å². The molecule has 0 rings (SSSR count). The van der Waals surface area contributed by atoms with E-state index in [-0.39, 0.29) is 25.7 Å². The van der Waals surface area contributed by atoms with Crippen LogP contribution >= 0.6 is 15.6 Å². The van der Waals surface area contributed by atoms with Gasteiger partial charge in [0.05, 0.1) is 26.4 Å². The fourth-order valence-electron chi connectivity index (χ4n) is 10.9. The Hall–Kier alpha value is -1.94. The van der Waals surface area contributed by atoms with Crippen molar-refractivity contribution in [2.24, 2.45) is 11.8 Å². The second-order valence-corrected chi connectivity index (χ2v) is 29.6. The lowest BCUT2D eigenvalue weighted by Crippen LogP contribution is -2.30. The molecule has 6 atom stereocenters. The van der Waals surface area contributed by atoms with Crippen molar-refractivity contribution in [2.75, 3.05) is 39.6 Å². The first-order chi connectivity index (χ1) is 43.9. The number of hydrogen-bond donors (Lipinski definition) is 3. The van der Waals surface area contributed by atoms with Gasteiger partial charge in [-0.05, 0) is 37.5 Å². The Morgan fingerprint density at radius 2 is 0.560 bits per heavy atom. The zero-order valence-corrected chi connectivity index (χ0v) is 60.9. The van der Waals surface area contributed by atoms with Crippen LogP contribution in [-0.2, 0) is 65.4 Å². The average molecular weight is 1340 g/mol. The molecule has 0 spiro atoms. The summed E-state index contributed by atoms with van der Waals surface area (Å²) in [4.78, 5) is 72.5. The molecule has 0 aromatic heterocycles. The third kappa shape index (κ3) is 65.1. The minimum atomic E-state index is -4.95. The molecule has 0 bridgehead atoms. The summed E-state index contributed by atoms with van der Waals surface area (Å²) in [6.07, 6.45) is 50.1. The zero-order chi connectivity index (χ0) is 67.2. The number of carbonyl (C=O) groups is 4. The molecule has 0 amide bonds. The normalized spacial score (nSPS) is 14.4. The van der Waals surface area contributed by atoms with E-state index in [2.05, 4.69) is 41.5 Å². The Balaban J connectivity index is 5.21. The van der Waals surface area contributed by atoms with Crippen molar-refractivity contribution in [3.63, 3.8) is 0 Å². The van der Waals surface area contributed by atoms with Crippen molar-refractivity contribution in [1.82, 2.24) is 0 Å². The van der Waals surface area contributed by atoms with Crippen LogP contribution in [-0.4, -0.2) is 96.7 Å². The number of rotatable bonds is 71. The second kappa shape index (κ2) is 64.1. The Kier molecular flexibility index (Phi) is 62.7. The van der Waals surface area contributed by atoms with Crippen molar-refractivity contribution in [2.45, 2.75) is 387 Å². The van der Waals surface area contributed by atoms with Gasteiger partial charge in [0.15, 0.2) is 12.2 Å². The predicted octanol–water partition coefficient (Wildman–Crippen LogP) is 20.8. The molecule has 17 nitrogen and oxygen atoms in total. The topological polar surface area (TPSA) is 237 Å². The largest absolute Gasteiger partial charge is 0.472 e. The predicted molar refractivity (Wildman–Crippen MR) is 368 cm³/mol. The van der Waals surface area contributed by atoms with E-state index in [1.165, 1.54) is 180 Å². The van der Waals surface area contributed by atoms with E-state index in [4.69, 9.17) is 37.0 Å². The molecular formula is C72H140O17P2. The molecule has 91 heavy (non-hydrogen) atoms. The number of ether oxygens (including phenoxy) is 4. The number of esters is 4. The third-order valence-electron chi connectivity index (χ3n) is 17.1. The highest BCUT2D eigenvalue weighted by molar-refractivity contribution is 7.47. The van der Waals surface area contributed by atoms with E-state index < -0.39 is 97.5 Å². The lowest BCUT2D eigenvalue weighted by Gasteiger charge is -2.21. The van der Waals surface area contributed by atoms with Crippen LogP contribution in [0.15, 0.2) is 0 Å². The van der Waals surface area contributed by atoms with Gasteiger partial charge in [-0.25, -0.2) is 9.13 Å². The van der Waals surface area contributed by atoms with Crippen LogP contribution in [0.25, 0.3) is 0 Å². The molecule has 540 valence electrons. The Labute approximate surface area is 556 Å². The molecule has 0 aliphatic heterocycles. The number of unbranched alkanes of at least 4 members (excludes halogenated alkanes) is 40. The molecule has 0 saturated carbocycles. The van der Waals surface area contributed by atoms with Crippen molar-refractivity contribution in [3.05, 3.63) is 0 Å². The van der Waals surface area contributed by atoms with Crippen LogP contribution in [0.1, 0.15) is 369 Å². The second-order valence-electron chi connectivity index (χ2n) is 26.7. The molecule has 0 aromatic carbocycles. The van der Waals surface area contributed by atoms with Crippen molar-refractivity contribution in [3.8, 4) is 0 Å². The van der Waals surface area contributed by atoms with Gasteiger partial charge in [-0.3, -0.25) is 37.3 Å². The van der Waals surface area contributed by atoms with Gasteiger partial charge in [-0.1, -0.05) is 318 Å². The van der Waals surface area contributed by atoms with E-state index in [0.717, 1.165) is 108 Å². The maximum Gasteiger partial charge on any atom is 0.472 e. The summed E-state index contributed by atoms with van der Waals surface area (Å²) >= 11 is 0. The number of phosphoric ester groups is 2. The zero-order valence-electron chi connectivity index (χ0n) is 59.1. The summed E-state index contributed by atoms with van der Waals surface area (Å²) in [5.41, 5.74) is 0. The van der Waals surface area contributed by atoms with Gasteiger partial charge in [0.2, 0.25) is 0 Å². The van der Waals surface area contributed by atoms with Crippen LogP contribution < -0.4 is 0 Å². The minimum absolute atomic E-state index is 0.103. The highest BCUT2D eigenvalue weighted by Crippen LogP contribution is 2.45. The van der Waals surface area contributed by atoms with Crippen LogP contribution in [0, 0.1) is 11.8 Å². The van der Waals surface area contributed by atoms with Gasteiger partial charge in [0.1, 0.15) is 19.3 Å². The molecule has 0 fully saturated rings. The van der Waals surface area contributed by atoms with Crippen molar-refractivity contribution >= 4 is 39.5 Å². The van der Waals surface area contributed by atoms with Gasteiger partial charge in [-0.15, -0.1) is 0 Å². The quantitative estimate of drug-likeness (QED) is 0.0222. The highest BCUT2D eigenvalue weighted by Gasteiger charge is 2.30. The first-order valence-electron chi connectivity index (χ1n) is 37.5. The van der Waals surface area contributed by atoms with Crippen molar-refractivity contribution in [1.29, 1.82) is 0 Å². The fourth-order valence-corrected chi connectivity index (χ4v) is 12.5.